The molecule has 0 saturated carbocycles. The summed E-state index contributed by atoms with van der Waals surface area (Å²) in [6.45, 7) is 4.77. The predicted octanol–water partition coefficient (Wildman–Crippen LogP) is 5.23. The third kappa shape index (κ3) is 5.29. The van der Waals surface area contributed by atoms with Gasteiger partial charge in [-0.3, -0.25) is 4.79 Å². The van der Waals surface area contributed by atoms with Crippen LogP contribution in [-0.4, -0.2) is 19.6 Å². The molecule has 3 aromatic rings. The summed E-state index contributed by atoms with van der Waals surface area (Å²) >= 11 is 0. The molecule has 0 radical (unpaired) electrons. The smallest absolute Gasteiger partial charge is 0.255 e. The Labute approximate surface area is 171 Å². The molecule has 5 heteroatoms. The van der Waals surface area contributed by atoms with Crippen LogP contribution in [-0.2, 0) is 6.61 Å². The van der Waals surface area contributed by atoms with E-state index in [1.54, 1.807) is 25.3 Å². The van der Waals surface area contributed by atoms with Crippen LogP contribution < -0.4 is 19.5 Å². The fourth-order valence-electron chi connectivity index (χ4n) is 2.87. The Balaban J connectivity index is 1.79. The van der Waals surface area contributed by atoms with Crippen molar-refractivity contribution >= 4 is 11.6 Å². The maximum absolute atomic E-state index is 12.8. The molecule has 0 aromatic heterocycles. The molecule has 0 saturated heterocycles. The summed E-state index contributed by atoms with van der Waals surface area (Å²) in [7, 11) is 1.57. The van der Waals surface area contributed by atoms with Crippen molar-refractivity contribution in [3.05, 3.63) is 83.4 Å². The van der Waals surface area contributed by atoms with E-state index in [2.05, 4.69) is 5.32 Å². The Morgan fingerprint density at radius 1 is 0.897 bits per heavy atom. The number of carbonyl (C=O) groups is 1. The van der Waals surface area contributed by atoms with Gasteiger partial charge in [-0.15, -0.1) is 0 Å². The van der Waals surface area contributed by atoms with E-state index < -0.39 is 0 Å². The van der Waals surface area contributed by atoms with E-state index >= 15 is 0 Å². The Morgan fingerprint density at radius 3 is 2.41 bits per heavy atom. The number of hydrogen-bond donors (Lipinski definition) is 1. The largest absolute Gasteiger partial charge is 0.493 e. The van der Waals surface area contributed by atoms with E-state index in [4.69, 9.17) is 14.2 Å². The highest BCUT2D eigenvalue weighted by Crippen LogP contribution is 2.30. The van der Waals surface area contributed by atoms with Crippen LogP contribution in [0.15, 0.2) is 66.7 Å². The quantitative estimate of drug-likeness (QED) is 0.571. The van der Waals surface area contributed by atoms with Crippen molar-refractivity contribution in [2.24, 2.45) is 0 Å². The lowest BCUT2D eigenvalue weighted by Gasteiger charge is -2.15. The molecular formula is C24H25NO4. The van der Waals surface area contributed by atoms with Crippen molar-refractivity contribution in [3.8, 4) is 17.2 Å². The summed E-state index contributed by atoms with van der Waals surface area (Å²) in [6, 6.07) is 20.7. The minimum Gasteiger partial charge on any atom is -0.493 e. The molecule has 1 amide bonds. The lowest BCUT2D eigenvalue weighted by Crippen LogP contribution is -2.13. The maximum Gasteiger partial charge on any atom is 0.255 e. The van der Waals surface area contributed by atoms with Gasteiger partial charge in [-0.2, -0.15) is 0 Å². The van der Waals surface area contributed by atoms with Crippen molar-refractivity contribution < 1.29 is 19.0 Å². The molecule has 3 rings (SSSR count). The number of rotatable bonds is 8. The highest BCUT2D eigenvalue weighted by atomic mass is 16.5. The molecule has 0 aliphatic heterocycles. The maximum atomic E-state index is 12.8. The van der Waals surface area contributed by atoms with Crippen molar-refractivity contribution in [1.29, 1.82) is 0 Å². The average Bonchev–Trinajstić information content (AvgIpc) is 2.74. The topological polar surface area (TPSA) is 56.8 Å². The van der Waals surface area contributed by atoms with E-state index in [0.29, 0.717) is 41.7 Å². The second kappa shape index (κ2) is 9.64. The Kier molecular flexibility index (Phi) is 6.74. The van der Waals surface area contributed by atoms with E-state index in [0.717, 1.165) is 11.1 Å². The molecule has 0 aliphatic rings. The van der Waals surface area contributed by atoms with Gasteiger partial charge in [0.05, 0.1) is 19.4 Å². The molecule has 0 fully saturated rings. The van der Waals surface area contributed by atoms with E-state index in [1.807, 2.05) is 62.4 Å². The first-order chi connectivity index (χ1) is 14.1. The molecule has 0 atom stereocenters. The van der Waals surface area contributed by atoms with Crippen LogP contribution in [0.3, 0.4) is 0 Å². The number of benzene rings is 3. The van der Waals surface area contributed by atoms with Crippen molar-refractivity contribution in [1.82, 2.24) is 0 Å². The molecule has 3 aromatic carbocycles. The molecule has 0 spiro atoms. The third-order valence-electron chi connectivity index (χ3n) is 4.35. The van der Waals surface area contributed by atoms with E-state index in [-0.39, 0.29) is 5.91 Å². The lowest BCUT2D eigenvalue weighted by atomic mass is 10.1. The van der Waals surface area contributed by atoms with Gasteiger partial charge in [-0.05, 0) is 55.3 Å². The predicted molar refractivity (Wildman–Crippen MR) is 114 cm³/mol. The second-order valence-corrected chi connectivity index (χ2v) is 6.53. The normalized spacial score (nSPS) is 10.3. The Bertz CT molecular complexity index is 970. The zero-order valence-corrected chi connectivity index (χ0v) is 16.9. The van der Waals surface area contributed by atoms with Crippen molar-refractivity contribution in [2.75, 3.05) is 19.0 Å². The van der Waals surface area contributed by atoms with Gasteiger partial charge in [0.25, 0.3) is 5.91 Å². The average molecular weight is 391 g/mol. The number of amides is 1. The zero-order chi connectivity index (χ0) is 20.6. The molecule has 1 N–H and O–H groups in total. The molecule has 150 valence electrons. The summed E-state index contributed by atoms with van der Waals surface area (Å²) in [5.41, 5.74) is 3.20. The SMILES string of the molecule is CCOc1cc(C(=O)Nc2ccc(C)cc2OCc2ccccc2)ccc1OC. The number of hydrogen-bond acceptors (Lipinski definition) is 4. The van der Waals surface area contributed by atoms with Gasteiger partial charge in [0.2, 0.25) is 0 Å². The number of nitrogens with one attached hydrogen (secondary N) is 1. The number of methoxy groups -OCH3 is 1. The minimum atomic E-state index is -0.248. The molecule has 0 aliphatic carbocycles. The zero-order valence-electron chi connectivity index (χ0n) is 16.9. The Morgan fingerprint density at radius 2 is 1.69 bits per heavy atom. The number of anilines is 1. The summed E-state index contributed by atoms with van der Waals surface area (Å²) in [6.07, 6.45) is 0. The number of ether oxygens (including phenoxy) is 3. The van der Waals surface area contributed by atoms with Crippen LogP contribution in [0.2, 0.25) is 0 Å². The summed E-state index contributed by atoms with van der Waals surface area (Å²) < 4.78 is 16.8. The van der Waals surface area contributed by atoms with Crippen LogP contribution >= 0.6 is 0 Å². The molecule has 29 heavy (non-hydrogen) atoms. The summed E-state index contributed by atoms with van der Waals surface area (Å²) in [5, 5.41) is 2.94. The standard InChI is InChI=1S/C24H25NO4/c1-4-28-23-15-19(11-13-21(23)27-3)24(26)25-20-12-10-17(2)14-22(20)29-16-18-8-6-5-7-9-18/h5-15H,4,16H2,1-3H3,(H,25,26). The summed E-state index contributed by atoms with van der Waals surface area (Å²) in [4.78, 5) is 12.8. The van der Waals surface area contributed by atoms with Crippen LogP contribution in [0.25, 0.3) is 0 Å². The van der Waals surface area contributed by atoms with E-state index in [1.165, 1.54) is 0 Å². The highest BCUT2D eigenvalue weighted by molar-refractivity contribution is 6.05. The first-order valence-corrected chi connectivity index (χ1v) is 9.50. The van der Waals surface area contributed by atoms with Crippen molar-refractivity contribution in [2.45, 2.75) is 20.5 Å². The van der Waals surface area contributed by atoms with Gasteiger partial charge in [-0.1, -0.05) is 36.4 Å². The number of aryl methyl sites for hydroxylation is 1. The van der Waals surface area contributed by atoms with E-state index in [9.17, 15) is 4.79 Å². The van der Waals surface area contributed by atoms with Gasteiger partial charge in [0.1, 0.15) is 12.4 Å². The molecule has 5 nitrogen and oxygen atoms in total. The van der Waals surface area contributed by atoms with Gasteiger partial charge in [-0.25, -0.2) is 0 Å². The fourth-order valence-corrected chi connectivity index (χ4v) is 2.87. The summed E-state index contributed by atoms with van der Waals surface area (Å²) in [5.74, 6) is 1.50. The van der Waals surface area contributed by atoms with Crippen molar-refractivity contribution in [3.63, 3.8) is 0 Å². The second-order valence-electron chi connectivity index (χ2n) is 6.53. The number of carbonyl (C=O) groups excluding carboxylic acids is 1. The van der Waals surface area contributed by atoms with Crippen LogP contribution in [0.5, 0.6) is 17.2 Å². The molecule has 0 bridgehead atoms. The van der Waals surface area contributed by atoms with Crippen LogP contribution in [0, 0.1) is 6.92 Å². The Hall–Kier alpha value is -3.47. The highest BCUT2D eigenvalue weighted by Gasteiger charge is 2.14. The first kappa shape index (κ1) is 20.3. The molecule has 0 heterocycles. The molecular weight excluding hydrogens is 366 g/mol. The third-order valence-corrected chi connectivity index (χ3v) is 4.35. The lowest BCUT2D eigenvalue weighted by molar-refractivity contribution is 0.102. The van der Waals surface area contributed by atoms with Gasteiger partial charge in [0, 0.05) is 5.56 Å². The van der Waals surface area contributed by atoms with Crippen LogP contribution in [0.1, 0.15) is 28.4 Å². The van der Waals surface area contributed by atoms with Gasteiger partial charge in [0.15, 0.2) is 11.5 Å². The molecule has 0 unspecified atom stereocenters. The first-order valence-electron chi connectivity index (χ1n) is 9.50. The monoisotopic (exact) mass is 391 g/mol. The minimum absolute atomic E-state index is 0.248. The fraction of sp³-hybridized carbons (Fsp3) is 0.208. The van der Waals surface area contributed by atoms with Gasteiger partial charge < -0.3 is 19.5 Å². The van der Waals surface area contributed by atoms with Gasteiger partial charge >= 0.3 is 0 Å². The van der Waals surface area contributed by atoms with Crippen LogP contribution in [0.4, 0.5) is 5.69 Å².